The molecule has 0 saturated carbocycles. The molecular formula is C27H30N2O7. The maximum absolute atomic E-state index is 13.2. The lowest BCUT2D eigenvalue weighted by molar-refractivity contribution is -0.140. The van der Waals surface area contributed by atoms with Crippen molar-refractivity contribution < 1.29 is 33.7 Å². The van der Waals surface area contributed by atoms with Crippen LogP contribution in [0.15, 0.2) is 54.1 Å². The second-order valence-corrected chi connectivity index (χ2v) is 8.65. The van der Waals surface area contributed by atoms with Gasteiger partial charge in [-0.3, -0.25) is 14.5 Å². The Kier molecular flexibility index (Phi) is 8.02. The number of morpholine rings is 1. The molecule has 9 heteroatoms. The van der Waals surface area contributed by atoms with Gasteiger partial charge in [-0.05, 0) is 36.2 Å². The Morgan fingerprint density at radius 2 is 1.75 bits per heavy atom. The van der Waals surface area contributed by atoms with Gasteiger partial charge in [0.2, 0.25) is 0 Å². The summed E-state index contributed by atoms with van der Waals surface area (Å²) in [6.45, 7) is 4.10. The first-order chi connectivity index (χ1) is 17.4. The third-order valence-corrected chi connectivity index (χ3v) is 6.51. The lowest BCUT2D eigenvalue weighted by atomic mass is 9.94. The Morgan fingerprint density at radius 3 is 2.42 bits per heavy atom. The van der Waals surface area contributed by atoms with Gasteiger partial charge in [0.25, 0.3) is 11.7 Å². The standard InChI is InChI=1S/C27H30N2O7/c1-34-21-6-3-5-20(17-21)24(30)22-23(18-7-9-19(10-8-18)27(33)35-2)29(26(32)25(22)31)12-4-11-28-13-15-36-16-14-28/h3,5-10,17,23,30H,4,11-16H2,1-2H3. The molecule has 2 aromatic carbocycles. The van der Waals surface area contributed by atoms with Crippen LogP contribution in [0.4, 0.5) is 0 Å². The molecule has 2 aliphatic heterocycles. The highest BCUT2D eigenvalue weighted by Gasteiger charge is 2.45. The van der Waals surface area contributed by atoms with Crippen LogP contribution in [-0.2, 0) is 19.1 Å². The van der Waals surface area contributed by atoms with Gasteiger partial charge in [-0.1, -0.05) is 24.3 Å². The molecule has 1 N–H and O–H groups in total. The van der Waals surface area contributed by atoms with E-state index in [9.17, 15) is 19.5 Å². The summed E-state index contributed by atoms with van der Waals surface area (Å²) in [5.41, 5.74) is 1.33. The van der Waals surface area contributed by atoms with Gasteiger partial charge in [0, 0.05) is 31.7 Å². The Hall–Kier alpha value is -3.69. The number of aliphatic hydroxyl groups excluding tert-OH is 1. The maximum atomic E-state index is 13.2. The zero-order valence-corrected chi connectivity index (χ0v) is 20.4. The number of ketones is 1. The van der Waals surface area contributed by atoms with Gasteiger partial charge in [0.05, 0.1) is 44.6 Å². The van der Waals surface area contributed by atoms with Crippen LogP contribution in [-0.4, -0.2) is 86.2 Å². The van der Waals surface area contributed by atoms with Gasteiger partial charge in [-0.25, -0.2) is 4.79 Å². The number of likely N-dealkylation sites (tertiary alicyclic amines) is 1. The number of carbonyl (C=O) groups is 3. The van der Waals surface area contributed by atoms with E-state index < -0.39 is 23.7 Å². The van der Waals surface area contributed by atoms with Crippen LogP contribution in [0.5, 0.6) is 5.75 Å². The summed E-state index contributed by atoms with van der Waals surface area (Å²) in [4.78, 5) is 42.0. The number of aliphatic hydroxyl groups is 1. The minimum Gasteiger partial charge on any atom is -0.507 e. The maximum Gasteiger partial charge on any atom is 0.337 e. The first-order valence-electron chi connectivity index (χ1n) is 11.9. The molecule has 0 spiro atoms. The quantitative estimate of drug-likeness (QED) is 0.258. The van der Waals surface area contributed by atoms with E-state index in [-0.39, 0.29) is 11.3 Å². The minimum absolute atomic E-state index is 0.00504. The molecule has 0 radical (unpaired) electrons. The summed E-state index contributed by atoms with van der Waals surface area (Å²) >= 11 is 0. The first-order valence-corrected chi connectivity index (χ1v) is 11.9. The van der Waals surface area contributed by atoms with Gasteiger partial charge >= 0.3 is 5.97 Å². The van der Waals surface area contributed by atoms with E-state index in [2.05, 4.69) is 4.90 Å². The van der Waals surface area contributed by atoms with E-state index in [1.807, 2.05) is 0 Å². The van der Waals surface area contributed by atoms with Crippen molar-refractivity contribution in [2.75, 3.05) is 53.6 Å². The molecular weight excluding hydrogens is 464 g/mol. The molecule has 1 atom stereocenters. The number of hydrogen-bond donors (Lipinski definition) is 1. The molecule has 9 nitrogen and oxygen atoms in total. The Labute approximate surface area is 209 Å². The number of esters is 1. The van der Waals surface area contributed by atoms with E-state index in [0.29, 0.717) is 48.6 Å². The highest BCUT2D eigenvalue weighted by Crippen LogP contribution is 2.40. The summed E-state index contributed by atoms with van der Waals surface area (Å²) in [7, 11) is 2.81. The SMILES string of the molecule is COC(=O)c1ccc(C2C(=C(O)c3cccc(OC)c3)C(=O)C(=O)N2CCCN2CCOCC2)cc1. The highest BCUT2D eigenvalue weighted by molar-refractivity contribution is 6.46. The normalized spacial score (nSPS) is 19.9. The van der Waals surface area contributed by atoms with Gasteiger partial charge in [-0.2, -0.15) is 0 Å². The van der Waals surface area contributed by atoms with E-state index in [1.54, 1.807) is 48.5 Å². The van der Waals surface area contributed by atoms with Crippen LogP contribution in [0.3, 0.4) is 0 Å². The fourth-order valence-electron chi connectivity index (χ4n) is 4.59. The molecule has 2 fully saturated rings. The largest absolute Gasteiger partial charge is 0.507 e. The molecule has 1 unspecified atom stereocenters. The van der Waals surface area contributed by atoms with Crippen LogP contribution in [0.2, 0.25) is 0 Å². The number of Topliss-reactive ketones (excluding diaryl/α,β-unsaturated/α-hetero) is 1. The molecule has 4 rings (SSSR count). The number of nitrogens with zero attached hydrogens (tertiary/aromatic N) is 2. The Morgan fingerprint density at radius 1 is 1.03 bits per heavy atom. The summed E-state index contributed by atoms with van der Waals surface area (Å²) in [6.07, 6.45) is 0.656. The Balaban J connectivity index is 1.69. The lowest BCUT2D eigenvalue weighted by Gasteiger charge is -2.29. The smallest absolute Gasteiger partial charge is 0.337 e. The number of methoxy groups -OCH3 is 2. The first kappa shape index (κ1) is 25.4. The zero-order valence-electron chi connectivity index (χ0n) is 20.4. The molecule has 0 bridgehead atoms. The fourth-order valence-corrected chi connectivity index (χ4v) is 4.59. The van der Waals surface area contributed by atoms with Crippen LogP contribution in [0.25, 0.3) is 5.76 Å². The van der Waals surface area contributed by atoms with Crippen molar-refractivity contribution in [1.82, 2.24) is 9.80 Å². The average Bonchev–Trinajstić information content (AvgIpc) is 3.18. The van der Waals surface area contributed by atoms with Crippen LogP contribution in [0.1, 0.15) is 33.9 Å². The monoisotopic (exact) mass is 494 g/mol. The van der Waals surface area contributed by atoms with Gasteiger partial charge in [-0.15, -0.1) is 0 Å². The van der Waals surface area contributed by atoms with Gasteiger partial charge in [0.1, 0.15) is 11.5 Å². The fraction of sp³-hybridized carbons (Fsp3) is 0.370. The van der Waals surface area contributed by atoms with Crippen LogP contribution in [0, 0.1) is 0 Å². The molecule has 0 aromatic heterocycles. The summed E-state index contributed by atoms with van der Waals surface area (Å²) in [5, 5.41) is 11.2. The third-order valence-electron chi connectivity index (χ3n) is 6.51. The van der Waals surface area contributed by atoms with Crippen molar-refractivity contribution in [2.45, 2.75) is 12.5 Å². The molecule has 2 aliphatic rings. The molecule has 2 heterocycles. The van der Waals surface area contributed by atoms with Crippen molar-refractivity contribution in [3.63, 3.8) is 0 Å². The van der Waals surface area contributed by atoms with Gasteiger partial charge < -0.3 is 24.2 Å². The summed E-state index contributed by atoms with van der Waals surface area (Å²) in [6, 6.07) is 12.4. The predicted octanol–water partition coefficient (Wildman–Crippen LogP) is 2.63. The minimum atomic E-state index is -0.799. The zero-order chi connectivity index (χ0) is 25.7. The predicted molar refractivity (Wildman–Crippen MR) is 132 cm³/mol. The average molecular weight is 495 g/mol. The van der Waals surface area contributed by atoms with Crippen molar-refractivity contribution >= 4 is 23.4 Å². The van der Waals surface area contributed by atoms with Crippen LogP contribution >= 0.6 is 0 Å². The number of amides is 1. The molecule has 1 amide bonds. The van der Waals surface area contributed by atoms with Gasteiger partial charge in [0.15, 0.2) is 0 Å². The topological polar surface area (TPSA) is 106 Å². The summed E-state index contributed by atoms with van der Waals surface area (Å²) in [5.74, 6) is -1.66. The number of ether oxygens (including phenoxy) is 3. The molecule has 190 valence electrons. The number of hydrogen-bond acceptors (Lipinski definition) is 8. The molecule has 2 saturated heterocycles. The van der Waals surface area contributed by atoms with Crippen molar-refractivity contribution in [3.8, 4) is 5.75 Å². The lowest BCUT2D eigenvalue weighted by Crippen LogP contribution is -2.39. The third kappa shape index (κ3) is 5.27. The highest BCUT2D eigenvalue weighted by atomic mass is 16.5. The van der Waals surface area contributed by atoms with Crippen molar-refractivity contribution in [2.24, 2.45) is 0 Å². The van der Waals surface area contributed by atoms with Crippen LogP contribution < -0.4 is 4.74 Å². The van der Waals surface area contributed by atoms with Crippen molar-refractivity contribution in [1.29, 1.82) is 0 Å². The van der Waals surface area contributed by atoms with E-state index in [4.69, 9.17) is 14.2 Å². The number of benzene rings is 2. The second-order valence-electron chi connectivity index (χ2n) is 8.65. The van der Waals surface area contributed by atoms with E-state index in [0.717, 1.165) is 19.6 Å². The van der Waals surface area contributed by atoms with Crippen molar-refractivity contribution in [3.05, 3.63) is 70.8 Å². The number of carbonyl (C=O) groups excluding carboxylic acids is 3. The van der Waals surface area contributed by atoms with E-state index >= 15 is 0 Å². The Bertz CT molecular complexity index is 1150. The van der Waals surface area contributed by atoms with E-state index in [1.165, 1.54) is 19.1 Å². The summed E-state index contributed by atoms with van der Waals surface area (Å²) < 4.78 is 15.4. The molecule has 36 heavy (non-hydrogen) atoms. The second kappa shape index (κ2) is 11.4. The molecule has 0 aliphatic carbocycles. The molecule has 2 aromatic rings. The number of rotatable bonds is 8.